The smallest absolute Gasteiger partial charge is 0.272 e. The van der Waals surface area contributed by atoms with Crippen molar-refractivity contribution in [1.82, 2.24) is 10.4 Å². The second kappa shape index (κ2) is 2.96. The molecule has 3 nitrogen and oxygen atoms in total. The van der Waals surface area contributed by atoms with E-state index in [0.717, 1.165) is 0 Å². The van der Waals surface area contributed by atoms with E-state index in [1.807, 2.05) is 0 Å². The highest BCUT2D eigenvalue weighted by molar-refractivity contribution is 4.64. The molecule has 0 aromatic carbocycles. The maximum Gasteiger partial charge on any atom is 0.524 e. The number of nitrogens with one attached hydrogen (secondary N) is 1. The summed E-state index contributed by atoms with van der Waals surface area (Å²) in [5, 5.41) is 1.57. The maximum atomic E-state index is 11.6. The zero-order valence-electron chi connectivity index (χ0n) is 5.98. The molecule has 0 amide bonds. The molecule has 1 saturated heterocycles. The molecule has 1 rings (SSSR count). The Morgan fingerprint density at radius 3 is 2.55 bits per heavy atom. The highest BCUT2D eigenvalue weighted by Gasteiger charge is 2.35. The fraction of sp³-hybridized carbons (Fsp3) is 1.00. The lowest BCUT2D eigenvalue weighted by molar-refractivity contribution is -0.346. The lowest BCUT2D eigenvalue weighted by Crippen LogP contribution is -2.37. The minimum Gasteiger partial charge on any atom is -0.272 e. The Hall–Kier alpha value is -0.330. The second-order valence-electron chi connectivity index (χ2n) is 2.39. The highest BCUT2D eigenvalue weighted by Crippen LogP contribution is 2.20. The summed E-state index contributed by atoms with van der Waals surface area (Å²) in [4.78, 5) is 0. The molecule has 1 fully saturated rings. The molecule has 0 aromatic heterocycles. The molecule has 0 aromatic rings. The van der Waals surface area contributed by atoms with Crippen molar-refractivity contribution >= 4 is 0 Å². The number of halogens is 3. The molecule has 0 spiro atoms. The Kier molecular flexibility index (Phi) is 2.36. The van der Waals surface area contributed by atoms with Crippen LogP contribution in [0, 0.1) is 0 Å². The van der Waals surface area contributed by atoms with Gasteiger partial charge in [0, 0.05) is 20.0 Å². The molecule has 1 unspecified atom stereocenters. The number of alkyl halides is 3. The molecule has 0 radical (unpaired) electrons. The highest BCUT2D eigenvalue weighted by atomic mass is 19.4. The fourth-order valence-corrected chi connectivity index (χ4v) is 0.932. The molecule has 1 N–H and O–H groups in total. The first kappa shape index (κ1) is 8.76. The first-order valence-electron chi connectivity index (χ1n) is 3.19. The number of rotatable bonds is 1. The molecule has 1 aliphatic heterocycles. The minimum atomic E-state index is -4.54. The average Bonchev–Trinajstić information content (AvgIpc) is 2.10. The van der Waals surface area contributed by atoms with Crippen molar-refractivity contribution in [2.24, 2.45) is 0 Å². The molecule has 1 atom stereocenters. The molecule has 6 heteroatoms. The number of hydrazine groups is 1. The molecule has 66 valence electrons. The van der Waals surface area contributed by atoms with Gasteiger partial charge < -0.3 is 0 Å². The van der Waals surface area contributed by atoms with E-state index < -0.39 is 12.6 Å². The SMILES string of the molecule is CN1CCC(OC(F)(F)F)N1. The summed E-state index contributed by atoms with van der Waals surface area (Å²) in [6.45, 7) is 0.570. The Balaban J connectivity index is 2.29. The molecular weight excluding hydrogens is 161 g/mol. The van der Waals surface area contributed by atoms with Gasteiger partial charge in [-0.15, -0.1) is 13.2 Å². The zero-order valence-corrected chi connectivity index (χ0v) is 5.98. The van der Waals surface area contributed by atoms with E-state index in [9.17, 15) is 13.2 Å². The lowest BCUT2D eigenvalue weighted by atomic mass is 10.4. The Labute approximate surface area is 62.1 Å². The largest absolute Gasteiger partial charge is 0.524 e. The van der Waals surface area contributed by atoms with Crippen molar-refractivity contribution in [2.45, 2.75) is 19.0 Å². The maximum absolute atomic E-state index is 11.6. The van der Waals surface area contributed by atoms with Crippen LogP contribution in [0.3, 0.4) is 0 Å². The van der Waals surface area contributed by atoms with E-state index in [-0.39, 0.29) is 0 Å². The molecule has 1 heterocycles. The van der Waals surface area contributed by atoms with Crippen LogP contribution in [0.5, 0.6) is 0 Å². The van der Waals surface area contributed by atoms with E-state index in [1.54, 1.807) is 12.1 Å². The first-order valence-corrected chi connectivity index (χ1v) is 3.19. The third-order valence-electron chi connectivity index (χ3n) is 1.37. The second-order valence-corrected chi connectivity index (χ2v) is 2.39. The van der Waals surface area contributed by atoms with Crippen molar-refractivity contribution in [2.75, 3.05) is 13.6 Å². The lowest BCUT2D eigenvalue weighted by Gasteiger charge is -2.15. The summed E-state index contributed by atoms with van der Waals surface area (Å²) in [6, 6.07) is 0. The van der Waals surface area contributed by atoms with E-state index >= 15 is 0 Å². The predicted molar refractivity (Wildman–Crippen MR) is 31.3 cm³/mol. The molecular formula is C5H9F3N2O. The van der Waals surface area contributed by atoms with Gasteiger partial charge in [-0.25, -0.2) is 10.4 Å². The summed E-state index contributed by atoms with van der Waals surface area (Å²) >= 11 is 0. The summed E-state index contributed by atoms with van der Waals surface area (Å²) in [6.07, 6.45) is -5.10. The van der Waals surface area contributed by atoms with Crippen LogP contribution in [0.15, 0.2) is 0 Å². The van der Waals surface area contributed by atoms with Gasteiger partial charge >= 0.3 is 6.36 Å². The van der Waals surface area contributed by atoms with Crippen LogP contribution in [-0.2, 0) is 4.74 Å². The molecule has 0 saturated carbocycles. The van der Waals surface area contributed by atoms with Gasteiger partial charge in [-0.05, 0) is 0 Å². The minimum absolute atomic E-state index is 0.357. The van der Waals surface area contributed by atoms with Crippen molar-refractivity contribution < 1.29 is 17.9 Å². The topological polar surface area (TPSA) is 24.5 Å². The average molecular weight is 170 g/mol. The van der Waals surface area contributed by atoms with Gasteiger partial charge in [0.15, 0.2) is 0 Å². The van der Waals surface area contributed by atoms with Crippen molar-refractivity contribution in [1.29, 1.82) is 0 Å². The third kappa shape index (κ3) is 3.04. The molecule has 11 heavy (non-hydrogen) atoms. The van der Waals surface area contributed by atoms with Gasteiger partial charge in [0.25, 0.3) is 0 Å². The summed E-state index contributed by atoms with van der Waals surface area (Å²) < 4.78 is 38.4. The third-order valence-corrected chi connectivity index (χ3v) is 1.37. The number of hydrogen-bond donors (Lipinski definition) is 1. The predicted octanol–water partition coefficient (Wildman–Crippen LogP) is 0.689. The van der Waals surface area contributed by atoms with Gasteiger partial charge in [0.2, 0.25) is 0 Å². The van der Waals surface area contributed by atoms with E-state index in [1.165, 1.54) is 0 Å². The summed E-state index contributed by atoms with van der Waals surface area (Å²) in [7, 11) is 1.67. The van der Waals surface area contributed by atoms with Crippen LogP contribution in [0.25, 0.3) is 0 Å². The van der Waals surface area contributed by atoms with Crippen molar-refractivity contribution in [3.05, 3.63) is 0 Å². The van der Waals surface area contributed by atoms with Crippen LogP contribution in [0.2, 0.25) is 0 Å². The van der Waals surface area contributed by atoms with E-state index in [4.69, 9.17) is 0 Å². The standard InChI is InChI=1S/C5H9F3N2O/c1-10-3-2-4(9-10)11-5(6,7)8/h4,9H,2-3H2,1H3. The van der Waals surface area contributed by atoms with Gasteiger partial charge in [-0.2, -0.15) is 0 Å². The van der Waals surface area contributed by atoms with E-state index in [2.05, 4.69) is 10.2 Å². The van der Waals surface area contributed by atoms with Gasteiger partial charge in [-0.3, -0.25) is 4.74 Å². The van der Waals surface area contributed by atoms with Crippen LogP contribution < -0.4 is 5.43 Å². The Morgan fingerprint density at radius 2 is 2.18 bits per heavy atom. The normalized spacial score (nSPS) is 27.8. The summed E-state index contributed by atoms with van der Waals surface area (Å²) in [5.41, 5.74) is 2.50. The Morgan fingerprint density at radius 1 is 1.55 bits per heavy atom. The molecule has 0 aliphatic carbocycles. The van der Waals surface area contributed by atoms with Crippen LogP contribution in [-0.4, -0.2) is 31.2 Å². The van der Waals surface area contributed by atoms with Gasteiger partial charge in [0.1, 0.15) is 6.23 Å². The quantitative estimate of drug-likeness (QED) is 0.626. The Bertz CT molecular complexity index is 138. The zero-order chi connectivity index (χ0) is 8.48. The monoisotopic (exact) mass is 170 g/mol. The van der Waals surface area contributed by atoms with Crippen molar-refractivity contribution in [3.63, 3.8) is 0 Å². The van der Waals surface area contributed by atoms with Gasteiger partial charge in [0.05, 0.1) is 0 Å². The summed E-state index contributed by atoms with van der Waals surface area (Å²) in [5.74, 6) is 0. The first-order chi connectivity index (χ1) is 4.97. The number of nitrogens with zero attached hydrogens (tertiary/aromatic N) is 1. The number of ether oxygens (including phenoxy) is 1. The number of hydrogen-bond acceptors (Lipinski definition) is 3. The molecule has 1 aliphatic rings. The van der Waals surface area contributed by atoms with Crippen LogP contribution in [0.1, 0.15) is 6.42 Å². The van der Waals surface area contributed by atoms with Crippen LogP contribution in [0.4, 0.5) is 13.2 Å². The van der Waals surface area contributed by atoms with E-state index in [0.29, 0.717) is 13.0 Å². The van der Waals surface area contributed by atoms with Crippen LogP contribution >= 0.6 is 0 Å². The molecule has 0 bridgehead atoms. The van der Waals surface area contributed by atoms with Crippen molar-refractivity contribution in [3.8, 4) is 0 Å². The fourth-order valence-electron chi connectivity index (χ4n) is 0.932. The van der Waals surface area contributed by atoms with Gasteiger partial charge in [-0.1, -0.05) is 0 Å².